The molecule has 1 aliphatic rings. The molecule has 1 amide bonds. The summed E-state index contributed by atoms with van der Waals surface area (Å²) in [6.45, 7) is 2.13. The minimum atomic E-state index is -3.67. The Morgan fingerprint density at radius 2 is 2.00 bits per heavy atom. The molecule has 0 radical (unpaired) electrons. The molecule has 1 heterocycles. The van der Waals surface area contributed by atoms with Crippen molar-refractivity contribution in [2.75, 3.05) is 46.3 Å². The van der Waals surface area contributed by atoms with Crippen molar-refractivity contribution in [3.63, 3.8) is 0 Å². The summed E-state index contributed by atoms with van der Waals surface area (Å²) in [5.74, 6) is -0.0764. The topological polar surface area (TPSA) is 84.7 Å². The van der Waals surface area contributed by atoms with Gasteiger partial charge in [-0.15, -0.1) is 0 Å². The normalized spacial score (nSPS) is 16.2. The van der Waals surface area contributed by atoms with Gasteiger partial charge in [0.2, 0.25) is 15.9 Å². The molecule has 1 aromatic carbocycles. The van der Waals surface area contributed by atoms with Crippen LogP contribution in [0.3, 0.4) is 0 Å². The van der Waals surface area contributed by atoms with Crippen molar-refractivity contribution in [1.82, 2.24) is 14.1 Å². The summed E-state index contributed by atoms with van der Waals surface area (Å²) < 4.78 is 27.7. The van der Waals surface area contributed by atoms with Gasteiger partial charge in [-0.05, 0) is 18.2 Å². The number of carbonyl (C=O) groups is 1. The quantitative estimate of drug-likeness (QED) is 0.642. The number of likely N-dealkylation sites (N-methyl/N-ethyl adjacent to an activating group) is 1. The molecule has 0 saturated carbocycles. The first kappa shape index (κ1) is 21.1. The summed E-state index contributed by atoms with van der Waals surface area (Å²) in [5.41, 5.74) is 0. The highest BCUT2D eigenvalue weighted by atomic mass is 79.9. The highest BCUT2D eigenvalue weighted by molar-refractivity contribution is 9.10. The maximum atomic E-state index is 12.8. The van der Waals surface area contributed by atoms with Gasteiger partial charge in [0.15, 0.2) is 0 Å². The van der Waals surface area contributed by atoms with E-state index in [4.69, 9.17) is 16.9 Å². The van der Waals surface area contributed by atoms with Crippen LogP contribution in [0.5, 0.6) is 0 Å². The lowest BCUT2D eigenvalue weighted by atomic mass is 10.3. The first-order valence-electron chi connectivity index (χ1n) is 8.04. The maximum absolute atomic E-state index is 12.8. The smallest absolute Gasteiger partial charge is 0.244 e. The number of carbonyl (C=O) groups excluding carboxylic acids is 1. The van der Waals surface area contributed by atoms with Crippen LogP contribution in [0.25, 0.3) is 0 Å². The monoisotopic (exact) mass is 462 g/mol. The first-order chi connectivity index (χ1) is 12.3. The molecule has 26 heavy (non-hydrogen) atoms. The molecule has 7 nitrogen and oxygen atoms in total. The van der Waals surface area contributed by atoms with E-state index >= 15 is 0 Å². The van der Waals surface area contributed by atoms with Gasteiger partial charge in [0.05, 0.1) is 24.1 Å². The molecule has 0 aromatic heterocycles. The van der Waals surface area contributed by atoms with Crippen molar-refractivity contribution >= 4 is 43.5 Å². The Hall–Kier alpha value is -1.18. The van der Waals surface area contributed by atoms with E-state index in [1.807, 2.05) is 11.0 Å². The van der Waals surface area contributed by atoms with Gasteiger partial charge in [-0.3, -0.25) is 9.69 Å². The fourth-order valence-electron chi connectivity index (χ4n) is 2.61. The lowest BCUT2D eigenvalue weighted by Gasteiger charge is -2.34. The number of nitrogens with zero attached hydrogens (tertiary/aromatic N) is 4. The Balaban J connectivity index is 1.95. The predicted octanol–water partition coefficient (Wildman–Crippen LogP) is 1.78. The Kier molecular flexibility index (Phi) is 7.43. The highest BCUT2D eigenvalue weighted by Gasteiger charge is 2.30. The molecule has 10 heteroatoms. The van der Waals surface area contributed by atoms with E-state index in [-0.39, 0.29) is 22.4 Å². The minimum absolute atomic E-state index is 0.0764. The Morgan fingerprint density at radius 3 is 2.58 bits per heavy atom. The van der Waals surface area contributed by atoms with Crippen molar-refractivity contribution < 1.29 is 13.2 Å². The zero-order valence-electron chi connectivity index (χ0n) is 14.4. The van der Waals surface area contributed by atoms with E-state index in [0.29, 0.717) is 43.6 Å². The number of sulfonamides is 1. The molecule has 1 aliphatic heterocycles. The van der Waals surface area contributed by atoms with Crippen molar-refractivity contribution in [3.8, 4) is 6.07 Å². The number of benzene rings is 1. The molecular weight excluding hydrogens is 444 g/mol. The van der Waals surface area contributed by atoms with Gasteiger partial charge < -0.3 is 4.90 Å². The second-order valence-electron chi connectivity index (χ2n) is 5.98. The van der Waals surface area contributed by atoms with Gasteiger partial charge in [0.25, 0.3) is 0 Å². The Morgan fingerprint density at radius 1 is 1.35 bits per heavy atom. The van der Waals surface area contributed by atoms with Crippen LogP contribution in [0, 0.1) is 11.3 Å². The molecule has 2 rings (SSSR count). The van der Waals surface area contributed by atoms with Crippen molar-refractivity contribution in [2.24, 2.45) is 0 Å². The number of hydrogen-bond acceptors (Lipinski definition) is 5. The number of nitriles is 1. The fraction of sp³-hybridized carbons (Fsp3) is 0.500. The van der Waals surface area contributed by atoms with E-state index in [9.17, 15) is 13.2 Å². The summed E-state index contributed by atoms with van der Waals surface area (Å²) in [6.07, 6.45) is 0.294. The Labute approximate surface area is 167 Å². The van der Waals surface area contributed by atoms with Crippen LogP contribution in [-0.4, -0.2) is 74.7 Å². The first-order valence-corrected chi connectivity index (χ1v) is 10.7. The van der Waals surface area contributed by atoms with Crippen LogP contribution in [0.2, 0.25) is 5.02 Å². The molecule has 0 bridgehead atoms. The molecule has 1 aromatic rings. The molecule has 0 spiro atoms. The summed E-state index contributed by atoms with van der Waals surface area (Å²) in [5, 5.41) is 8.76. The van der Waals surface area contributed by atoms with Gasteiger partial charge in [0.1, 0.15) is 4.90 Å². The van der Waals surface area contributed by atoms with Crippen LogP contribution < -0.4 is 0 Å². The van der Waals surface area contributed by atoms with Crippen LogP contribution >= 0.6 is 27.5 Å². The molecule has 1 saturated heterocycles. The molecule has 0 unspecified atom stereocenters. The standard InChI is InChI=1S/C16H20BrClN4O3S/c1-20(6-2-5-19)16(23)12-21-7-9-22(10-8-21)26(24,25)15-4-3-13(17)11-14(15)18/h3-4,11H,2,6-10,12H2,1H3. The van der Waals surface area contributed by atoms with E-state index < -0.39 is 10.0 Å². The average molecular weight is 464 g/mol. The van der Waals surface area contributed by atoms with Crippen LogP contribution in [-0.2, 0) is 14.8 Å². The van der Waals surface area contributed by atoms with Crippen molar-refractivity contribution in [3.05, 3.63) is 27.7 Å². The van der Waals surface area contributed by atoms with Crippen molar-refractivity contribution in [1.29, 1.82) is 5.26 Å². The molecule has 0 atom stereocenters. The maximum Gasteiger partial charge on any atom is 0.244 e. The zero-order valence-corrected chi connectivity index (χ0v) is 17.5. The van der Waals surface area contributed by atoms with E-state index in [1.54, 1.807) is 19.2 Å². The van der Waals surface area contributed by atoms with E-state index in [1.165, 1.54) is 15.3 Å². The fourth-order valence-corrected chi connectivity index (χ4v) is 5.04. The number of hydrogen-bond donors (Lipinski definition) is 0. The van der Waals surface area contributed by atoms with Gasteiger partial charge in [-0.2, -0.15) is 9.57 Å². The minimum Gasteiger partial charge on any atom is -0.344 e. The van der Waals surface area contributed by atoms with Gasteiger partial charge in [-0.25, -0.2) is 8.42 Å². The molecule has 1 fully saturated rings. The molecular formula is C16H20BrClN4O3S. The third kappa shape index (κ3) is 5.18. The second-order valence-corrected chi connectivity index (χ2v) is 9.21. The van der Waals surface area contributed by atoms with Crippen LogP contribution in [0.1, 0.15) is 6.42 Å². The van der Waals surface area contributed by atoms with Gasteiger partial charge in [0, 0.05) is 44.2 Å². The van der Waals surface area contributed by atoms with Crippen molar-refractivity contribution in [2.45, 2.75) is 11.3 Å². The van der Waals surface area contributed by atoms with Crippen LogP contribution in [0.15, 0.2) is 27.6 Å². The second kappa shape index (κ2) is 9.15. The summed E-state index contributed by atoms with van der Waals surface area (Å²) in [7, 11) is -2.00. The zero-order chi connectivity index (χ0) is 19.3. The highest BCUT2D eigenvalue weighted by Crippen LogP contribution is 2.28. The number of piperazine rings is 1. The lowest BCUT2D eigenvalue weighted by molar-refractivity contribution is -0.131. The van der Waals surface area contributed by atoms with Crippen LogP contribution in [0.4, 0.5) is 0 Å². The summed E-state index contributed by atoms with van der Waals surface area (Å²) >= 11 is 9.35. The SMILES string of the molecule is CN(CCC#N)C(=O)CN1CCN(S(=O)(=O)c2ccc(Br)cc2Cl)CC1. The third-order valence-corrected chi connectivity index (χ3v) is 7.06. The number of rotatable bonds is 6. The number of amides is 1. The Bertz CT molecular complexity index is 804. The number of halogens is 2. The third-order valence-electron chi connectivity index (χ3n) is 4.19. The molecule has 0 aliphatic carbocycles. The predicted molar refractivity (Wildman–Crippen MR) is 102 cm³/mol. The van der Waals surface area contributed by atoms with E-state index in [0.717, 1.165) is 0 Å². The summed E-state index contributed by atoms with van der Waals surface area (Å²) in [6, 6.07) is 6.70. The molecule has 142 valence electrons. The van der Waals surface area contributed by atoms with Gasteiger partial charge in [-0.1, -0.05) is 27.5 Å². The van der Waals surface area contributed by atoms with E-state index in [2.05, 4.69) is 15.9 Å². The lowest BCUT2D eigenvalue weighted by Crippen LogP contribution is -2.51. The van der Waals surface area contributed by atoms with Gasteiger partial charge >= 0.3 is 0 Å². The largest absolute Gasteiger partial charge is 0.344 e. The summed E-state index contributed by atoms with van der Waals surface area (Å²) in [4.78, 5) is 15.6. The average Bonchev–Trinajstić information content (AvgIpc) is 2.59. The molecule has 0 N–H and O–H groups in total.